The van der Waals surface area contributed by atoms with Crippen LogP contribution in [-0.4, -0.2) is 39.0 Å². The lowest BCUT2D eigenvalue weighted by Gasteiger charge is -2.17. The number of aromatic nitrogens is 3. The molecule has 174 valence electrons. The molecule has 0 spiro atoms. The standard InChI is InChI=1S/C24H28N4O4S/c1-5-28-22(17(4)32-20-10-8-7-9-16(20)3)26-27-24(28)33-15-21(29)25-19-13-11-18(12-14-19)23(30)31-6-2/h7-14,17H,5-6,15H2,1-4H3,(H,25,29). The number of nitrogens with one attached hydrogen (secondary N) is 1. The predicted octanol–water partition coefficient (Wildman–Crippen LogP) is 4.65. The number of rotatable bonds is 10. The van der Waals surface area contributed by atoms with Gasteiger partial charge in [0.2, 0.25) is 5.91 Å². The normalized spacial score (nSPS) is 11.6. The van der Waals surface area contributed by atoms with Crippen molar-refractivity contribution in [3.8, 4) is 5.75 Å². The summed E-state index contributed by atoms with van der Waals surface area (Å²) in [6, 6.07) is 14.4. The van der Waals surface area contributed by atoms with Crippen LogP contribution < -0.4 is 10.1 Å². The highest BCUT2D eigenvalue weighted by Gasteiger charge is 2.20. The SMILES string of the molecule is CCOC(=O)c1ccc(NC(=O)CSc2nnc(C(C)Oc3ccccc3C)n2CC)cc1. The summed E-state index contributed by atoms with van der Waals surface area (Å²) in [6.45, 7) is 8.66. The number of anilines is 1. The summed E-state index contributed by atoms with van der Waals surface area (Å²) in [5.41, 5.74) is 2.09. The van der Waals surface area contributed by atoms with E-state index in [4.69, 9.17) is 9.47 Å². The number of hydrogen-bond acceptors (Lipinski definition) is 7. The Morgan fingerprint density at radius 3 is 2.48 bits per heavy atom. The summed E-state index contributed by atoms with van der Waals surface area (Å²) < 4.78 is 13.0. The van der Waals surface area contributed by atoms with Crippen molar-refractivity contribution in [3.05, 3.63) is 65.5 Å². The number of benzene rings is 2. The molecule has 0 saturated heterocycles. The zero-order valence-corrected chi connectivity index (χ0v) is 20.0. The summed E-state index contributed by atoms with van der Waals surface area (Å²) in [4.78, 5) is 24.2. The third-order valence-corrected chi connectivity index (χ3v) is 5.80. The van der Waals surface area contributed by atoms with E-state index in [0.717, 1.165) is 11.3 Å². The van der Waals surface area contributed by atoms with Gasteiger partial charge in [-0.25, -0.2) is 4.79 Å². The van der Waals surface area contributed by atoms with Crippen molar-refractivity contribution in [2.75, 3.05) is 17.7 Å². The summed E-state index contributed by atoms with van der Waals surface area (Å²) in [6.07, 6.45) is -0.292. The Labute approximate surface area is 197 Å². The van der Waals surface area contributed by atoms with E-state index in [0.29, 0.717) is 35.4 Å². The molecule has 0 aliphatic heterocycles. The molecule has 1 unspecified atom stereocenters. The minimum Gasteiger partial charge on any atom is -0.482 e. The average molecular weight is 469 g/mol. The molecule has 3 aromatic rings. The van der Waals surface area contributed by atoms with Crippen molar-refractivity contribution in [1.29, 1.82) is 0 Å². The lowest BCUT2D eigenvalue weighted by Crippen LogP contribution is -2.15. The van der Waals surface area contributed by atoms with Crippen molar-refractivity contribution in [2.45, 2.75) is 45.5 Å². The van der Waals surface area contributed by atoms with Crippen LogP contribution in [0.3, 0.4) is 0 Å². The molecule has 0 bridgehead atoms. The Kier molecular flexibility index (Phi) is 8.48. The van der Waals surface area contributed by atoms with E-state index in [1.165, 1.54) is 11.8 Å². The Morgan fingerprint density at radius 1 is 1.09 bits per heavy atom. The Bertz CT molecular complexity index is 1100. The molecule has 1 N–H and O–H groups in total. The van der Waals surface area contributed by atoms with E-state index in [1.54, 1.807) is 31.2 Å². The fourth-order valence-electron chi connectivity index (χ4n) is 3.17. The maximum atomic E-state index is 12.4. The molecule has 8 nitrogen and oxygen atoms in total. The van der Waals surface area contributed by atoms with E-state index < -0.39 is 0 Å². The fourth-order valence-corrected chi connectivity index (χ4v) is 3.98. The zero-order valence-electron chi connectivity index (χ0n) is 19.2. The summed E-state index contributed by atoms with van der Waals surface area (Å²) >= 11 is 1.31. The third-order valence-electron chi connectivity index (χ3n) is 4.83. The lowest BCUT2D eigenvalue weighted by atomic mass is 10.2. The quantitative estimate of drug-likeness (QED) is 0.342. The van der Waals surface area contributed by atoms with Crippen LogP contribution in [0.5, 0.6) is 5.75 Å². The summed E-state index contributed by atoms with van der Waals surface area (Å²) in [5.74, 6) is 1.11. The van der Waals surface area contributed by atoms with Crippen LogP contribution in [0.4, 0.5) is 5.69 Å². The van der Waals surface area contributed by atoms with Crippen molar-refractivity contribution < 1.29 is 19.1 Å². The van der Waals surface area contributed by atoms with Crippen LogP contribution in [0.25, 0.3) is 0 Å². The molecule has 0 fully saturated rings. The lowest BCUT2D eigenvalue weighted by molar-refractivity contribution is -0.113. The molecule has 0 saturated carbocycles. The summed E-state index contributed by atoms with van der Waals surface area (Å²) in [5, 5.41) is 12.0. The molecular formula is C24H28N4O4S. The molecule has 9 heteroatoms. The molecule has 3 rings (SSSR count). The van der Waals surface area contributed by atoms with Gasteiger partial charge in [-0.2, -0.15) is 0 Å². The van der Waals surface area contributed by atoms with E-state index in [-0.39, 0.29) is 23.7 Å². The van der Waals surface area contributed by atoms with Gasteiger partial charge in [0.05, 0.1) is 17.9 Å². The molecule has 1 atom stereocenters. The zero-order chi connectivity index (χ0) is 23.8. The molecule has 33 heavy (non-hydrogen) atoms. The maximum Gasteiger partial charge on any atom is 0.338 e. The fraction of sp³-hybridized carbons (Fsp3) is 0.333. The van der Waals surface area contributed by atoms with Crippen molar-refractivity contribution in [2.24, 2.45) is 0 Å². The first-order valence-electron chi connectivity index (χ1n) is 10.8. The molecular weight excluding hydrogens is 440 g/mol. The minimum absolute atomic E-state index is 0.171. The molecule has 1 heterocycles. The second kappa shape index (κ2) is 11.5. The number of aryl methyl sites for hydroxylation is 1. The highest BCUT2D eigenvalue weighted by atomic mass is 32.2. The van der Waals surface area contributed by atoms with Gasteiger partial charge in [-0.05, 0) is 63.6 Å². The highest BCUT2D eigenvalue weighted by molar-refractivity contribution is 7.99. The van der Waals surface area contributed by atoms with E-state index >= 15 is 0 Å². The van der Waals surface area contributed by atoms with Crippen LogP contribution in [0.15, 0.2) is 53.7 Å². The van der Waals surface area contributed by atoms with Crippen LogP contribution in [0, 0.1) is 6.92 Å². The van der Waals surface area contributed by atoms with E-state index in [1.807, 2.05) is 49.6 Å². The topological polar surface area (TPSA) is 95.3 Å². The maximum absolute atomic E-state index is 12.4. The van der Waals surface area contributed by atoms with Gasteiger partial charge in [-0.3, -0.25) is 4.79 Å². The van der Waals surface area contributed by atoms with E-state index in [9.17, 15) is 9.59 Å². The van der Waals surface area contributed by atoms with Crippen LogP contribution in [-0.2, 0) is 16.1 Å². The second-order valence-corrected chi connectivity index (χ2v) is 8.19. The molecule has 1 amide bonds. The number of amides is 1. The molecule has 0 aliphatic rings. The van der Waals surface area contributed by atoms with Gasteiger partial charge >= 0.3 is 5.97 Å². The van der Waals surface area contributed by atoms with Gasteiger partial charge in [0, 0.05) is 12.2 Å². The van der Waals surface area contributed by atoms with Crippen LogP contribution in [0.2, 0.25) is 0 Å². The number of thioether (sulfide) groups is 1. The third kappa shape index (κ3) is 6.35. The smallest absolute Gasteiger partial charge is 0.338 e. The number of carbonyl (C=O) groups is 2. The van der Waals surface area contributed by atoms with Gasteiger partial charge in [-0.15, -0.1) is 10.2 Å². The predicted molar refractivity (Wildman–Crippen MR) is 128 cm³/mol. The van der Waals surface area contributed by atoms with Crippen molar-refractivity contribution in [3.63, 3.8) is 0 Å². The highest BCUT2D eigenvalue weighted by Crippen LogP contribution is 2.26. The second-order valence-electron chi connectivity index (χ2n) is 7.25. The number of esters is 1. The van der Waals surface area contributed by atoms with E-state index in [2.05, 4.69) is 15.5 Å². The molecule has 1 aromatic heterocycles. The van der Waals surface area contributed by atoms with Crippen LogP contribution >= 0.6 is 11.8 Å². The molecule has 2 aromatic carbocycles. The number of carbonyl (C=O) groups excluding carboxylic acids is 2. The van der Waals surface area contributed by atoms with Crippen molar-refractivity contribution >= 4 is 29.3 Å². The van der Waals surface area contributed by atoms with Gasteiger partial charge in [-0.1, -0.05) is 30.0 Å². The van der Waals surface area contributed by atoms with Gasteiger partial charge in [0.1, 0.15) is 5.75 Å². The van der Waals surface area contributed by atoms with Crippen LogP contribution in [0.1, 0.15) is 48.6 Å². The number of hydrogen-bond donors (Lipinski definition) is 1. The number of para-hydroxylation sites is 1. The van der Waals surface area contributed by atoms with Crippen molar-refractivity contribution in [1.82, 2.24) is 14.8 Å². The number of ether oxygens (including phenoxy) is 2. The largest absolute Gasteiger partial charge is 0.482 e. The first-order valence-corrected chi connectivity index (χ1v) is 11.8. The van der Waals surface area contributed by atoms with Gasteiger partial charge in [0.15, 0.2) is 17.1 Å². The minimum atomic E-state index is -0.388. The average Bonchev–Trinajstić information content (AvgIpc) is 3.23. The van der Waals surface area contributed by atoms with Gasteiger partial charge < -0.3 is 19.4 Å². The summed E-state index contributed by atoms with van der Waals surface area (Å²) in [7, 11) is 0. The monoisotopic (exact) mass is 468 g/mol. The Hall–Kier alpha value is -3.33. The Balaban J connectivity index is 1.59. The van der Waals surface area contributed by atoms with Gasteiger partial charge in [0.25, 0.3) is 0 Å². The number of nitrogens with zero attached hydrogens (tertiary/aromatic N) is 3. The molecule has 0 radical (unpaired) electrons. The first-order chi connectivity index (χ1) is 15.9. The molecule has 0 aliphatic carbocycles. The first kappa shape index (κ1) is 24.3. The Morgan fingerprint density at radius 2 is 1.82 bits per heavy atom.